The molecule has 3 aromatic heterocycles. The predicted octanol–water partition coefficient (Wildman–Crippen LogP) is 4.59. The Hall–Kier alpha value is -4.16. The number of hydrogen-bond donors (Lipinski definition) is 1. The molecule has 9 nitrogen and oxygen atoms in total. The number of aromatic nitrogens is 4. The van der Waals surface area contributed by atoms with Crippen LogP contribution in [-0.2, 0) is 10.0 Å². The molecule has 0 amide bonds. The molecular weight excluding hydrogens is 514 g/mol. The lowest BCUT2D eigenvalue weighted by Crippen LogP contribution is -2.45. The summed E-state index contributed by atoms with van der Waals surface area (Å²) < 4.78 is 61.7. The molecular formula is C26H22F2N6O3S. The van der Waals surface area contributed by atoms with Crippen LogP contribution >= 0.6 is 0 Å². The summed E-state index contributed by atoms with van der Waals surface area (Å²) >= 11 is 0. The Kier molecular flexibility index (Phi) is 6.12. The van der Waals surface area contributed by atoms with Crippen LogP contribution in [0.1, 0.15) is 12.8 Å². The van der Waals surface area contributed by atoms with Crippen molar-refractivity contribution in [1.29, 1.82) is 0 Å². The molecule has 5 aromatic rings. The maximum atomic E-state index is 13.5. The summed E-state index contributed by atoms with van der Waals surface area (Å²) in [7, 11) is -3.77. The van der Waals surface area contributed by atoms with Gasteiger partial charge in [0.25, 0.3) is 0 Å². The first-order valence-corrected chi connectivity index (χ1v) is 13.4. The van der Waals surface area contributed by atoms with Crippen LogP contribution in [-0.4, -0.2) is 51.2 Å². The number of benzene rings is 2. The molecule has 6 rings (SSSR count). The lowest BCUT2D eigenvalue weighted by Gasteiger charge is -2.32. The summed E-state index contributed by atoms with van der Waals surface area (Å²) in [6, 6.07) is 12.3. The van der Waals surface area contributed by atoms with E-state index in [2.05, 4.69) is 20.3 Å². The van der Waals surface area contributed by atoms with Gasteiger partial charge in [-0.3, -0.25) is 4.40 Å². The number of rotatable bonds is 6. The van der Waals surface area contributed by atoms with Crippen LogP contribution in [0, 0.1) is 11.6 Å². The summed E-state index contributed by atoms with van der Waals surface area (Å²) in [6.07, 6.45) is 6.21. The van der Waals surface area contributed by atoms with E-state index in [1.165, 1.54) is 34.8 Å². The zero-order chi connectivity index (χ0) is 26.3. The Morgan fingerprint density at radius 3 is 2.47 bits per heavy atom. The van der Waals surface area contributed by atoms with Crippen molar-refractivity contribution >= 4 is 21.8 Å². The molecule has 1 aliphatic rings. The number of fused-ring (bicyclic) bond motifs is 1. The normalized spacial score (nSPS) is 16.6. The number of nitrogens with zero attached hydrogens (tertiary/aromatic N) is 5. The number of halogens is 2. The van der Waals surface area contributed by atoms with Gasteiger partial charge in [-0.25, -0.2) is 27.2 Å². The molecule has 4 heterocycles. The molecule has 1 saturated heterocycles. The van der Waals surface area contributed by atoms with Crippen molar-refractivity contribution in [2.75, 3.05) is 18.4 Å². The van der Waals surface area contributed by atoms with Crippen LogP contribution in [0.4, 0.5) is 14.7 Å². The van der Waals surface area contributed by atoms with E-state index in [4.69, 9.17) is 4.42 Å². The maximum absolute atomic E-state index is 13.5. The van der Waals surface area contributed by atoms with Crippen LogP contribution in [0.25, 0.3) is 28.5 Å². The smallest absolute Gasteiger partial charge is 0.306 e. The van der Waals surface area contributed by atoms with Crippen LogP contribution in [0.5, 0.6) is 0 Å². The third kappa shape index (κ3) is 4.52. The van der Waals surface area contributed by atoms with Gasteiger partial charge in [0.1, 0.15) is 29.3 Å². The standard InChI is InChI=1S/C26H22F2N6O3S/c27-18-5-3-17(4-6-18)23-24(34-14-15-37-26(34)32-23)22-11-12-29-25(31-22)30-20-2-1-13-33(16-20)38(35,36)21-9-7-19(28)8-10-21/h3-12,14-15,20H,1-2,13,16H2,(H,29,30,31)/t20-/m0/s1. The van der Waals surface area contributed by atoms with Crippen molar-refractivity contribution in [2.45, 2.75) is 23.8 Å². The molecule has 38 heavy (non-hydrogen) atoms. The van der Waals surface area contributed by atoms with E-state index in [0.717, 1.165) is 18.6 Å². The summed E-state index contributed by atoms with van der Waals surface area (Å²) in [5, 5.41) is 3.26. The van der Waals surface area contributed by atoms with Gasteiger partial charge in [-0.15, -0.1) is 0 Å². The molecule has 0 spiro atoms. The van der Waals surface area contributed by atoms with Gasteiger partial charge in [0.2, 0.25) is 16.0 Å². The second-order valence-electron chi connectivity index (χ2n) is 8.94. The first-order valence-electron chi connectivity index (χ1n) is 12.0. The molecule has 0 unspecified atom stereocenters. The van der Waals surface area contributed by atoms with Gasteiger partial charge in [-0.05, 0) is 67.4 Å². The lowest BCUT2D eigenvalue weighted by atomic mass is 10.1. The molecule has 2 aromatic carbocycles. The highest BCUT2D eigenvalue weighted by atomic mass is 32.2. The number of sulfonamides is 1. The second kappa shape index (κ2) is 9.62. The first-order chi connectivity index (χ1) is 18.4. The van der Waals surface area contributed by atoms with Gasteiger partial charge in [-0.1, -0.05) is 0 Å². The number of piperidine rings is 1. The van der Waals surface area contributed by atoms with Crippen LogP contribution in [0.2, 0.25) is 0 Å². The minimum Gasteiger partial charge on any atom is -0.432 e. The zero-order valence-corrected chi connectivity index (χ0v) is 20.8. The summed E-state index contributed by atoms with van der Waals surface area (Å²) in [5.41, 5.74) is 2.47. The average molecular weight is 537 g/mol. The molecule has 0 bridgehead atoms. The van der Waals surface area contributed by atoms with Crippen molar-refractivity contribution in [3.63, 3.8) is 0 Å². The van der Waals surface area contributed by atoms with Gasteiger partial charge < -0.3 is 9.73 Å². The highest BCUT2D eigenvalue weighted by molar-refractivity contribution is 7.89. The minimum absolute atomic E-state index is 0.0518. The maximum Gasteiger partial charge on any atom is 0.306 e. The van der Waals surface area contributed by atoms with E-state index >= 15 is 0 Å². The Bertz CT molecular complexity index is 1700. The van der Waals surface area contributed by atoms with Gasteiger partial charge in [0.15, 0.2) is 0 Å². The van der Waals surface area contributed by atoms with E-state index in [1.807, 2.05) is 0 Å². The average Bonchev–Trinajstić information content (AvgIpc) is 3.51. The highest BCUT2D eigenvalue weighted by Gasteiger charge is 2.31. The lowest BCUT2D eigenvalue weighted by molar-refractivity contribution is 0.326. The molecule has 0 saturated carbocycles. The SMILES string of the molecule is O=S(=O)(c1ccc(F)cc1)N1CCC[C@H](Nc2nccc(-c3c(-c4ccc(F)cc4)nc4occn34)n2)C1. The molecule has 1 N–H and O–H groups in total. The van der Waals surface area contributed by atoms with Crippen LogP contribution in [0.15, 0.2) is 82.6 Å². The molecule has 0 aliphatic carbocycles. The van der Waals surface area contributed by atoms with E-state index in [1.54, 1.807) is 35.0 Å². The molecule has 1 fully saturated rings. The largest absolute Gasteiger partial charge is 0.432 e. The van der Waals surface area contributed by atoms with E-state index < -0.39 is 15.8 Å². The summed E-state index contributed by atoms with van der Waals surface area (Å²) in [4.78, 5) is 13.6. The fourth-order valence-electron chi connectivity index (χ4n) is 4.62. The topological polar surface area (TPSA) is 106 Å². The number of nitrogens with one attached hydrogen (secondary N) is 1. The number of hydrogen-bond acceptors (Lipinski definition) is 7. The van der Waals surface area contributed by atoms with E-state index in [-0.39, 0.29) is 23.3 Å². The Labute approximate surface area is 216 Å². The van der Waals surface area contributed by atoms with Gasteiger partial charge >= 0.3 is 5.84 Å². The zero-order valence-electron chi connectivity index (χ0n) is 20.0. The third-order valence-corrected chi connectivity index (χ3v) is 8.33. The summed E-state index contributed by atoms with van der Waals surface area (Å²) in [6.45, 7) is 0.584. The number of anilines is 1. The van der Waals surface area contributed by atoms with Crippen LogP contribution in [0.3, 0.4) is 0 Å². The van der Waals surface area contributed by atoms with E-state index in [0.29, 0.717) is 47.4 Å². The second-order valence-corrected chi connectivity index (χ2v) is 10.9. The Morgan fingerprint density at radius 1 is 0.974 bits per heavy atom. The predicted molar refractivity (Wildman–Crippen MR) is 136 cm³/mol. The summed E-state index contributed by atoms with van der Waals surface area (Å²) in [5.74, 6) is -0.152. The number of imidazole rings is 1. The van der Waals surface area contributed by atoms with Crippen molar-refractivity contribution in [3.8, 4) is 22.6 Å². The van der Waals surface area contributed by atoms with Gasteiger partial charge in [0.05, 0.1) is 10.6 Å². The highest BCUT2D eigenvalue weighted by Crippen LogP contribution is 2.32. The third-order valence-electron chi connectivity index (χ3n) is 6.45. The van der Waals surface area contributed by atoms with Crippen molar-refractivity contribution in [1.82, 2.24) is 23.7 Å². The van der Waals surface area contributed by atoms with Crippen molar-refractivity contribution < 1.29 is 21.6 Å². The fourth-order valence-corrected chi connectivity index (χ4v) is 6.14. The van der Waals surface area contributed by atoms with Crippen molar-refractivity contribution in [3.05, 3.63) is 84.9 Å². The molecule has 1 aliphatic heterocycles. The van der Waals surface area contributed by atoms with E-state index in [9.17, 15) is 17.2 Å². The van der Waals surface area contributed by atoms with Crippen LogP contribution < -0.4 is 5.32 Å². The van der Waals surface area contributed by atoms with Crippen molar-refractivity contribution in [2.24, 2.45) is 0 Å². The first kappa shape index (κ1) is 24.2. The molecule has 12 heteroatoms. The number of oxazole rings is 1. The van der Waals surface area contributed by atoms with Gasteiger partial charge in [0, 0.05) is 37.1 Å². The quantitative estimate of drug-likeness (QED) is 0.338. The Balaban J connectivity index is 1.27. The molecule has 194 valence electrons. The molecule has 1 atom stereocenters. The minimum atomic E-state index is -3.77. The monoisotopic (exact) mass is 536 g/mol. The molecule has 0 radical (unpaired) electrons. The Morgan fingerprint density at radius 2 is 1.71 bits per heavy atom. The fraction of sp³-hybridized carbons (Fsp3) is 0.192. The van der Waals surface area contributed by atoms with Gasteiger partial charge in [-0.2, -0.15) is 9.29 Å².